The van der Waals surface area contributed by atoms with Gasteiger partial charge in [0, 0.05) is 33.2 Å². The van der Waals surface area contributed by atoms with E-state index in [4.69, 9.17) is 46.4 Å². The summed E-state index contributed by atoms with van der Waals surface area (Å²) in [4.78, 5) is 28.0. The molecule has 39 heavy (non-hydrogen) atoms. The number of benzene rings is 3. The van der Waals surface area contributed by atoms with Crippen molar-refractivity contribution in [3.63, 3.8) is 0 Å². The van der Waals surface area contributed by atoms with Crippen LogP contribution < -0.4 is 9.62 Å². The summed E-state index contributed by atoms with van der Waals surface area (Å²) in [6.07, 6.45) is 0.706. The van der Waals surface area contributed by atoms with Gasteiger partial charge in [0.25, 0.3) is 10.0 Å². The molecule has 0 aliphatic heterocycles. The summed E-state index contributed by atoms with van der Waals surface area (Å²) in [5.41, 5.74) is 0.720. The summed E-state index contributed by atoms with van der Waals surface area (Å²) in [6, 6.07) is 15.6. The number of amides is 2. The van der Waals surface area contributed by atoms with Crippen LogP contribution in [0.5, 0.6) is 0 Å². The van der Waals surface area contributed by atoms with Crippen molar-refractivity contribution in [1.29, 1.82) is 0 Å². The van der Waals surface area contributed by atoms with E-state index >= 15 is 0 Å². The molecule has 2 amide bonds. The van der Waals surface area contributed by atoms with Gasteiger partial charge in [-0.2, -0.15) is 0 Å². The van der Waals surface area contributed by atoms with Crippen LogP contribution in [-0.4, -0.2) is 44.3 Å². The van der Waals surface area contributed by atoms with E-state index in [-0.39, 0.29) is 28.1 Å². The molecule has 12 heteroatoms. The Morgan fingerprint density at radius 1 is 0.897 bits per heavy atom. The maximum Gasteiger partial charge on any atom is 0.264 e. The van der Waals surface area contributed by atoms with Gasteiger partial charge in [0.2, 0.25) is 11.8 Å². The molecule has 0 fully saturated rings. The van der Waals surface area contributed by atoms with Gasteiger partial charge >= 0.3 is 0 Å². The second kappa shape index (κ2) is 13.7. The second-order valence-electron chi connectivity index (χ2n) is 8.67. The van der Waals surface area contributed by atoms with E-state index in [9.17, 15) is 18.0 Å². The number of carbonyl (C=O) groups excluding carboxylic acids is 2. The minimum absolute atomic E-state index is 0.0556. The first-order chi connectivity index (χ1) is 18.4. The Morgan fingerprint density at radius 2 is 1.54 bits per heavy atom. The maximum absolute atomic E-state index is 13.9. The molecule has 3 aromatic carbocycles. The Morgan fingerprint density at radius 3 is 2.15 bits per heavy atom. The molecule has 0 aliphatic carbocycles. The van der Waals surface area contributed by atoms with E-state index in [1.807, 2.05) is 6.92 Å². The van der Waals surface area contributed by atoms with Gasteiger partial charge in [-0.05, 0) is 73.5 Å². The van der Waals surface area contributed by atoms with Crippen molar-refractivity contribution in [3.8, 4) is 0 Å². The number of nitrogens with one attached hydrogen (secondary N) is 1. The van der Waals surface area contributed by atoms with Crippen LogP contribution in [0, 0.1) is 0 Å². The van der Waals surface area contributed by atoms with Crippen LogP contribution in [-0.2, 0) is 26.2 Å². The summed E-state index contributed by atoms with van der Waals surface area (Å²) < 4.78 is 28.5. The summed E-state index contributed by atoms with van der Waals surface area (Å²) >= 11 is 24.5. The first kappa shape index (κ1) is 31.0. The topological polar surface area (TPSA) is 86.8 Å². The Labute approximate surface area is 248 Å². The third kappa shape index (κ3) is 8.02. The lowest BCUT2D eigenvalue weighted by Crippen LogP contribution is -2.51. The molecule has 0 heterocycles. The molecule has 208 valence electrons. The molecule has 0 radical (unpaired) electrons. The Kier molecular flexibility index (Phi) is 10.9. The van der Waals surface area contributed by atoms with Gasteiger partial charge in [-0.1, -0.05) is 65.5 Å². The highest BCUT2D eigenvalue weighted by atomic mass is 35.5. The highest BCUT2D eigenvalue weighted by Crippen LogP contribution is 2.28. The van der Waals surface area contributed by atoms with Gasteiger partial charge in [-0.15, -0.1) is 0 Å². The predicted molar refractivity (Wildman–Crippen MR) is 157 cm³/mol. The van der Waals surface area contributed by atoms with Crippen molar-refractivity contribution in [2.45, 2.75) is 37.8 Å². The van der Waals surface area contributed by atoms with Gasteiger partial charge in [0.05, 0.1) is 10.6 Å². The number of halogens is 4. The van der Waals surface area contributed by atoms with E-state index in [1.54, 1.807) is 31.2 Å². The highest BCUT2D eigenvalue weighted by Gasteiger charge is 2.32. The molecule has 1 N–H and O–H groups in total. The molecule has 0 spiro atoms. The van der Waals surface area contributed by atoms with E-state index in [2.05, 4.69) is 5.32 Å². The summed E-state index contributed by atoms with van der Waals surface area (Å²) in [5.74, 6) is -1.01. The van der Waals surface area contributed by atoms with Crippen LogP contribution >= 0.6 is 46.4 Å². The number of carbonyl (C=O) groups is 2. The standard InChI is InChI=1S/C27H27Cl4N3O4S/c1-3-13-32-27(36)18(2)33(16-19-7-8-22(30)15-25(19)31)26(35)17-34(23-6-4-5-21(29)14-23)39(37,38)24-11-9-20(28)10-12-24/h4-12,14-15,18H,3,13,16-17H2,1-2H3,(H,32,36)/t18-/m0/s1. The van der Waals surface area contributed by atoms with Crippen LogP contribution in [0.25, 0.3) is 0 Å². The minimum Gasteiger partial charge on any atom is -0.354 e. The fourth-order valence-corrected chi connectivity index (χ4v) is 5.89. The third-order valence-corrected chi connectivity index (χ3v) is 8.71. The Bertz CT molecular complexity index is 1440. The van der Waals surface area contributed by atoms with Crippen molar-refractivity contribution in [3.05, 3.63) is 92.4 Å². The monoisotopic (exact) mass is 629 g/mol. The first-order valence-corrected chi connectivity index (χ1v) is 14.9. The van der Waals surface area contributed by atoms with Crippen molar-refractivity contribution in [1.82, 2.24) is 10.2 Å². The molecule has 0 aliphatic rings. The molecule has 0 unspecified atom stereocenters. The van der Waals surface area contributed by atoms with Crippen LogP contribution in [0.1, 0.15) is 25.8 Å². The van der Waals surface area contributed by atoms with Crippen molar-refractivity contribution < 1.29 is 18.0 Å². The van der Waals surface area contributed by atoms with E-state index in [0.29, 0.717) is 33.6 Å². The fraction of sp³-hybridized carbons (Fsp3) is 0.259. The van der Waals surface area contributed by atoms with Gasteiger partial charge in [0.15, 0.2) is 0 Å². The summed E-state index contributed by atoms with van der Waals surface area (Å²) in [5, 5.41) is 4.15. The molecule has 7 nitrogen and oxygen atoms in total. The van der Waals surface area contributed by atoms with Crippen molar-refractivity contribution >= 4 is 73.9 Å². The zero-order valence-electron chi connectivity index (χ0n) is 21.2. The zero-order chi connectivity index (χ0) is 28.7. The maximum atomic E-state index is 13.9. The SMILES string of the molecule is CCCNC(=O)[C@H](C)N(Cc1ccc(Cl)cc1Cl)C(=O)CN(c1cccc(Cl)c1)S(=O)(=O)c1ccc(Cl)cc1. The molecule has 0 bridgehead atoms. The minimum atomic E-state index is -4.24. The molecule has 0 saturated heterocycles. The number of anilines is 1. The van der Waals surface area contributed by atoms with Gasteiger partial charge in [-0.25, -0.2) is 8.42 Å². The quantitative estimate of drug-likeness (QED) is 0.264. The number of rotatable bonds is 11. The third-order valence-electron chi connectivity index (χ3n) is 5.85. The number of nitrogens with zero attached hydrogens (tertiary/aromatic N) is 2. The lowest BCUT2D eigenvalue weighted by Gasteiger charge is -2.32. The zero-order valence-corrected chi connectivity index (χ0v) is 25.0. The summed E-state index contributed by atoms with van der Waals surface area (Å²) in [7, 11) is -4.24. The molecule has 3 rings (SSSR count). The highest BCUT2D eigenvalue weighted by molar-refractivity contribution is 7.92. The van der Waals surface area contributed by atoms with Crippen LogP contribution in [0.2, 0.25) is 20.1 Å². The van der Waals surface area contributed by atoms with Crippen LogP contribution in [0.4, 0.5) is 5.69 Å². The molecular weight excluding hydrogens is 604 g/mol. The average molecular weight is 631 g/mol. The van der Waals surface area contributed by atoms with E-state index in [1.165, 1.54) is 47.4 Å². The van der Waals surface area contributed by atoms with Crippen LogP contribution in [0.3, 0.4) is 0 Å². The Hall–Kier alpha value is -2.49. The first-order valence-electron chi connectivity index (χ1n) is 12.0. The summed E-state index contributed by atoms with van der Waals surface area (Å²) in [6.45, 7) is 3.24. The fourth-order valence-electron chi connectivity index (χ4n) is 3.71. The van der Waals surface area contributed by atoms with Gasteiger partial charge < -0.3 is 10.2 Å². The lowest BCUT2D eigenvalue weighted by atomic mass is 10.1. The Balaban J connectivity index is 2.04. The van der Waals surface area contributed by atoms with Crippen LogP contribution in [0.15, 0.2) is 71.6 Å². The van der Waals surface area contributed by atoms with E-state index in [0.717, 1.165) is 4.31 Å². The number of hydrogen-bond donors (Lipinski definition) is 1. The lowest BCUT2D eigenvalue weighted by molar-refractivity contribution is -0.139. The molecule has 0 aromatic heterocycles. The number of hydrogen-bond acceptors (Lipinski definition) is 4. The predicted octanol–water partition coefficient (Wildman–Crippen LogP) is 6.44. The normalized spacial score (nSPS) is 12.1. The molecule has 0 saturated carbocycles. The van der Waals surface area contributed by atoms with Crippen molar-refractivity contribution in [2.24, 2.45) is 0 Å². The van der Waals surface area contributed by atoms with Gasteiger partial charge in [0.1, 0.15) is 12.6 Å². The second-order valence-corrected chi connectivity index (χ2v) is 12.2. The number of sulfonamides is 1. The molecule has 1 atom stereocenters. The van der Waals surface area contributed by atoms with Crippen molar-refractivity contribution in [2.75, 3.05) is 17.4 Å². The molecule has 3 aromatic rings. The van der Waals surface area contributed by atoms with Gasteiger partial charge in [-0.3, -0.25) is 13.9 Å². The smallest absolute Gasteiger partial charge is 0.264 e. The largest absolute Gasteiger partial charge is 0.354 e. The molecular formula is C27H27Cl4N3O4S. The average Bonchev–Trinajstić information content (AvgIpc) is 2.89. The van der Waals surface area contributed by atoms with E-state index < -0.39 is 28.5 Å².